The lowest BCUT2D eigenvalue weighted by molar-refractivity contribution is 0.0130. The van der Waals surface area contributed by atoms with Crippen LogP contribution < -0.4 is 5.73 Å². The zero-order valence-electron chi connectivity index (χ0n) is 24.4. The van der Waals surface area contributed by atoms with Gasteiger partial charge in [0.25, 0.3) is 5.91 Å². The van der Waals surface area contributed by atoms with Gasteiger partial charge in [-0.15, -0.1) is 0 Å². The van der Waals surface area contributed by atoms with Crippen molar-refractivity contribution in [2.24, 2.45) is 5.73 Å². The minimum absolute atomic E-state index is 0.0844. The van der Waals surface area contributed by atoms with Gasteiger partial charge in [-0.1, -0.05) is 26.0 Å². The molecule has 0 spiro atoms. The first kappa shape index (κ1) is 29.0. The maximum Gasteiger partial charge on any atom is 0.254 e. The quantitative estimate of drug-likeness (QED) is 0.271. The van der Waals surface area contributed by atoms with Crippen molar-refractivity contribution < 1.29 is 18.7 Å². The van der Waals surface area contributed by atoms with Crippen molar-refractivity contribution in [1.82, 2.24) is 14.7 Å². The number of aromatic nitrogens is 2. The Morgan fingerprint density at radius 3 is 2.40 bits per heavy atom. The molecule has 1 amide bonds. The zero-order valence-corrected chi connectivity index (χ0v) is 24.4. The highest BCUT2D eigenvalue weighted by molar-refractivity contribution is 5.99. The molecule has 6 rings (SSSR count). The monoisotopic (exact) mass is 583 g/mol. The van der Waals surface area contributed by atoms with Crippen molar-refractivity contribution in [3.8, 4) is 28.3 Å². The fraction of sp³-hybridized carbons (Fsp3) is 0.382. The average Bonchev–Trinajstić information content (AvgIpc) is 3.52. The molecule has 2 aliphatic heterocycles. The van der Waals surface area contributed by atoms with Gasteiger partial charge in [-0.05, 0) is 85.5 Å². The van der Waals surface area contributed by atoms with Gasteiger partial charge in [0.1, 0.15) is 17.7 Å². The molecule has 0 saturated carbocycles. The molecule has 0 unspecified atom stereocenters. The third-order valence-electron chi connectivity index (χ3n) is 9.45. The minimum atomic E-state index is -0.956. The van der Waals surface area contributed by atoms with Crippen LogP contribution in [-0.2, 0) is 6.54 Å². The van der Waals surface area contributed by atoms with Gasteiger partial charge in [0, 0.05) is 40.7 Å². The normalized spacial score (nSPS) is 20.0. The van der Waals surface area contributed by atoms with Gasteiger partial charge in [0.15, 0.2) is 0 Å². The number of rotatable bonds is 7. The fourth-order valence-electron chi connectivity index (χ4n) is 6.81. The molecule has 1 aromatic heterocycles. The molecular formula is C34H35F2N5O2. The van der Waals surface area contributed by atoms with Crippen molar-refractivity contribution in [2.75, 3.05) is 0 Å². The fourth-order valence-corrected chi connectivity index (χ4v) is 6.81. The number of hydrogen-bond acceptors (Lipinski definition) is 5. The molecule has 4 aromatic rings. The van der Waals surface area contributed by atoms with Crippen molar-refractivity contribution in [1.29, 1.82) is 5.26 Å². The Morgan fingerprint density at radius 1 is 1.02 bits per heavy atom. The van der Waals surface area contributed by atoms with E-state index in [2.05, 4.69) is 5.10 Å². The van der Waals surface area contributed by atoms with E-state index in [4.69, 9.17) is 5.73 Å². The molecule has 43 heavy (non-hydrogen) atoms. The molecule has 3 atom stereocenters. The second-order valence-corrected chi connectivity index (χ2v) is 12.0. The predicted octanol–water partition coefficient (Wildman–Crippen LogP) is 6.17. The molecule has 2 bridgehead atoms. The van der Waals surface area contributed by atoms with Crippen molar-refractivity contribution in [2.45, 2.75) is 82.6 Å². The van der Waals surface area contributed by atoms with Crippen LogP contribution in [0.3, 0.4) is 0 Å². The summed E-state index contributed by atoms with van der Waals surface area (Å²) in [6, 6.07) is 14.6. The van der Waals surface area contributed by atoms with Gasteiger partial charge in [-0.2, -0.15) is 10.4 Å². The summed E-state index contributed by atoms with van der Waals surface area (Å²) in [5.41, 5.74) is 7.82. The molecule has 2 fully saturated rings. The number of carbonyl (C=O) groups is 1. The predicted molar refractivity (Wildman–Crippen MR) is 161 cm³/mol. The lowest BCUT2D eigenvalue weighted by Crippen LogP contribution is -2.50. The number of piperidine rings is 1. The van der Waals surface area contributed by atoms with E-state index in [9.17, 15) is 19.6 Å². The Bertz CT molecular complexity index is 1740. The molecule has 3 N–H and O–H groups in total. The molecule has 7 nitrogen and oxygen atoms in total. The molecule has 222 valence electrons. The van der Waals surface area contributed by atoms with Gasteiger partial charge in [-0.3, -0.25) is 9.48 Å². The van der Waals surface area contributed by atoms with Gasteiger partial charge in [0.05, 0.1) is 29.4 Å². The van der Waals surface area contributed by atoms with E-state index < -0.39 is 17.2 Å². The first-order valence-corrected chi connectivity index (χ1v) is 14.9. The highest BCUT2D eigenvalue weighted by Gasteiger charge is 2.42. The lowest BCUT2D eigenvalue weighted by Gasteiger charge is -2.38. The Morgan fingerprint density at radius 2 is 1.74 bits per heavy atom. The molecule has 2 saturated heterocycles. The maximum atomic E-state index is 15.9. The molecule has 3 heterocycles. The molecule has 0 aliphatic carbocycles. The number of nitrogens with two attached hydrogens (primary N) is 1. The molecular weight excluding hydrogens is 548 g/mol. The van der Waals surface area contributed by atoms with E-state index in [-0.39, 0.29) is 41.7 Å². The SMILES string of the molecule is CCC(O)(CC)Cn1ncc2cc(-c3ccc(C(=O)N4[C@@H]5CC[C@H]4C[C@@H](N)C5)cc3-c3ccc(C#N)c(F)c3)c(F)cc21. The highest BCUT2D eigenvalue weighted by atomic mass is 19.1. The largest absolute Gasteiger partial charge is 0.388 e. The smallest absolute Gasteiger partial charge is 0.254 e. The number of hydrogen-bond donors (Lipinski definition) is 2. The minimum Gasteiger partial charge on any atom is -0.388 e. The van der Waals surface area contributed by atoms with Crippen LogP contribution in [0.4, 0.5) is 8.78 Å². The van der Waals surface area contributed by atoms with E-state index in [0.29, 0.717) is 46.0 Å². The van der Waals surface area contributed by atoms with Crippen LogP contribution in [0, 0.1) is 23.0 Å². The van der Waals surface area contributed by atoms with E-state index in [1.165, 1.54) is 18.2 Å². The van der Waals surface area contributed by atoms with Crippen LogP contribution in [0.25, 0.3) is 33.2 Å². The van der Waals surface area contributed by atoms with Gasteiger partial charge < -0.3 is 15.7 Å². The third-order valence-corrected chi connectivity index (χ3v) is 9.45. The van der Waals surface area contributed by atoms with Crippen molar-refractivity contribution >= 4 is 16.8 Å². The summed E-state index contributed by atoms with van der Waals surface area (Å²) in [5, 5.41) is 25.2. The summed E-state index contributed by atoms with van der Waals surface area (Å²) in [4.78, 5) is 15.8. The van der Waals surface area contributed by atoms with Crippen LogP contribution in [-0.4, -0.2) is 49.4 Å². The van der Waals surface area contributed by atoms with Crippen LogP contribution in [0.15, 0.2) is 54.7 Å². The third kappa shape index (κ3) is 5.19. The zero-order chi connectivity index (χ0) is 30.5. The summed E-state index contributed by atoms with van der Waals surface area (Å²) in [5.74, 6) is -1.32. The standard InChI is InChI=1S/C34H35F2N5O2/c1-3-34(43,4-2)19-40-32-16-31(36)29(12-23(32)18-39-40)27-10-7-21(11-28(27)20-5-6-22(17-37)30(35)13-20)33(42)41-25-8-9-26(41)15-24(38)14-25/h5-7,10-13,16,18,24-26,43H,3-4,8-9,14-15,19,38H2,1-2H3/t24-,25+,26-. The molecule has 3 aromatic carbocycles. The lowest BCUT2D eigenvalue weighted by atomic mass is 9.90. The summed E-state index contributed by atoms with van der Waals surface area (Å²) < 4.78 is 32.4. The van der Waals surface area contributed by atoms with Crippen LogP contribution >= 0.6 is 0 Å². The summed E-state index contributed by atoms with van der Waals surface area (Å²) in [6.45, 7) is 4.04. The van der Waals surface area contributed by atoms with Gasteiger partial charge >= 0.3 is 0 Å². The number of fused-ring (bicyclic) bond motifs is 3. The van der Waals surface area contributed by atoms with E-state index in [0.717, 1.165) is 25.7 Å². The Labute approximate surface area is 249 Å². The van der Waals surface area contributed by atoms with Crippen LogP contribution in [0.2, 0.25) is 0 Å². The first-order valence-electron chi connectivity index (χ1n) is 14.9. The average molecular weight is 584 g/mol. The number of carbonyl (C=O) groups excluding carboxylic acids is 1. The Kier molecular flexibility index (Phi) is 7.53. The van der Waals surface area contributed by atoms with E-state index >= 15 is 4.39 Å². The first-order chi connectivity index (χ1) is 20.6. The van der Waals surface area contributed by atoms with Crippen LogP contribution in [0.1, 0.15) is 68.3 Å². The highest BCUT2D eigenvalue weighted by Crippen LogP contribution is 2.40. The van der Waals surface area contributed by atoms with Gasteiger partial charge in [-0.25, -0.2) is 8.78 Å². The van der Waals surface area contributed by atoms with Gasteiger partial charge in [0.2, 0.25) is 0 Å². The number of amides is 1. The molecule has 2 aliphatic rings. The number of aliphatic hydroxyl groups is 1. The van der Waals surface area contributed by atoms with E-state index in [1.54, 1.807) is 41.2 Å². The summed E-state index contributed by atoms with van der Waals surface area (Å²) in [7, 11) is 0. The Hall–Kier alpha value is -4.13. The second-order valence-electron chi connectivity index (χ2n) is 12.0. The number of nitriles is 1. The van der Waals surface area contributed by atoms with Crippen molar-refractivity contribution in [3.05, 3.63) is 77.5 Å². The topological polar surface area (TPSA) is 108 Å². The van der Waals surface area contributed by atoms with Crippen molar-refractivity contribution in [3.63, 3.8) is 0 Å². The van der Waals surface area contributed by atoms with Crippen LogP contribution in [0.5, 0.6) is 0 Å². The Balaban J connectivity index is 1.45. The number of benzene rings is 3. The molecule has 9 heteroatoms. The molecule has 0 radical (unpaired) electrons. The number of halogens is 2. The number of nitrogens with zero attached hydrogens (tertiary/aromatic N) is 4. The summed E-state index contributed by atoms with van der Waals surface area (Å²) in [6.07, 6.45) is 6.08. The van der Waals surface area contributed by atoms with E-state index in [1.807, 2.05) is 24.8 Å². The summed E-state index contributed by atoms with van der Waals surface area (Å²) >= 11 is 0. The second kappa shape index (κ2) is 11.2. The maximum absolute atomic E-state index is 15.9.